The fourth-order valence-electron chi connectivity index (χ4n) is 2.28. The van der Waals surface area contributed by atoms with Gasteiger partial charge in [0, 0.05) is 31.8 Å². The van der Waals surface area contributed by atoms with Crippen LogP contribution >= 0.6 is 23.2 Å². The Labute approximate surface area is 118 Å². The van der Waals surface area contributed by atoms with E-state index >= 15 is 0 Å². The van der Waals surface area contributed by atoms with Gasteiger partial charge in [-0.2, -0.15) is 0 Å². The van der Waals surface area contributed by atoms with Crippen LogP contribution < -0.4 is 4.90 Å². The second-order valence-electron chi connectivity index (χ2n) is 4.45. The van der Waals surface area contributed by atoms with Gasteiger partial charge < -0.3 is 9.64 Å². The molecule has 3 nitrogen and oxygen atoms in total. The summed E-state index contributed by atoms with van der Waals surface area (Å²) < 4.78 is 5.69. The van der Waals surface area contributed by atoms with Crippen molar-refractivity contribution in [3.63, 3.8) is 0 Å². The predicted octanol–water partition coefficient (Wildman–Crippen LogP) is 3.48. The molecular weight excluding hydrogens is 271 g/mol. The van der Waals surface area contributed by atoms with Gasteiger partial charge in [0.25, 0.3) is 0 Å². The van der Waals surface area contributed by atoms with Gasteiger partial charge in [0.2, 0.25) is 0 Å². The zero-order valence-corrected chi connectivity index (χ0v) is 12.0. The number of rotatable bonds is 4. The number of alkyl halides is 1. The Balaban J connectivity index is 2.10. The molecule has 100 valence electrons. The van der Waals surface area contributed by atoms with E-state index in [0.717, 1.165) is 43.9 Å². The van der Waals surface area contributed by atoms with E-state index in [2.05, 4.69) is 9.88 Å². The standard InChI is InChI=1S/C13H18Cl2N2O/c1-2-18-11-4-3-5-17(9-11)13-12(15)6-10(7-14)8-16-13/h6,8,11H,2-5,7,9H2,1H3. The second kappa shape index (κ2) is 6.60. The van der Waals surface area contributed by atoms with Crippen LogP contribution in [0.5, 0.6) is 0 Å². The summed E-state index contributed by atoms with van der Waals surface area (Å²) in [5.41, 5.74) is 0.948. The summed E-state index contributed by atoms with van der Waals surface area (Å²) in [6, 6.07) is 1.89. The van der Waals surface area contributed by atoms with Crippen molar-refractivity contribution >= 4 is 29.0 Å². The normalized spacial score (nSPS) is 20.2. The SMILES string of the molecule is CCOC1CCCN(c2ncc(CCl)cc2Cl)C1. The highest BCUT2D eigenvalue weighted by atomic mass is 35.5. The fourth-order valence-corrected chi connectivity index (χ4v) is 2.73. The van der Waals surface area contributed by atoms with Crippen LogP contribution in [0, 0.1) is 0 Å². The number of pyridine rings is 1. The van der Waals surface area contributed by atoms with E-state index in [4.69, 9.17) is 27.9 Å². The summed E-state index contributed by atoms with van der Waals surface area (Å²) in [7, 11) is 0. The van der Waals surface area contributed by atoms with Gasteiger partial charge in [-0.05, 0) is 31.4 Å². The van der Waals surface area contributed by atoms with Crippen LogP contribution in [0.2, 0.25) is 5.02 Å². The van der Waals surface area contributed by atoms with Gasteiger partial charge in [-0.1, -0.05) is 11.6 Å². The third-order valence-electron chi connectivity index (χ3n) is 3.11. The van der Waals surface area contributed by atoms with Gasteiger partial charge in [-0.15, -0.1) is 11.6 Å². The summed E-state index contributed by atoms with van der Waals surface area (Å²) in [6.45, 7) is 4.63. The number of hydrogen-bond acceptors (Lipinski definition) is 3. The quantitative estimate of drug-likeness (QED) is 0.793. The molecule has 1 unspecified atom stereocenters. The first-order valence-corrected chi connectivity index (χ1v) is 7.22. The third kappa shape index (κ3) is 3.28. The van der Waals surface area contributed by atoms with Crippen molar-refractivity contribution in [1.82, 2.24) is 4.98 Å². The Morgan fingerprint density at radius 2 is 2.39 bits per heavy atom. The van der Waals surface area contributed by atoms with Crippen molar-refractivity contribution in [1.29, 1.82) is 0 Å². The minimum atomic E-state index is 0.286. The molecule has 1 saturated heterocycles. The average molecular weight is 289 g/mol. The van der Waals surface area contributed by atoms with Crippen molar-refractivity contribution in [2.45, 2.75) is 31.7 Å². The largest absolute Gasteiger partial charge is 0.377 e. The number of aromatic nitrogens is 1. The van der Waals surface area contributed by atoms with Gasteiger partial charge >= 0.3 is 0 Å². The molecule has 0 amide bonds. The monoisotopic (exact) mass is 288 g/mol. The van der Waals surface area contributed by atoms with Gasteiger partial charge in [-0.25, -0.2) is 4.98 Å². The molecule has 0 saturated carbocycles. The van der Waals surface area contributed by atoms with Crippen molar-refractivity contribution in [3.05, 3.63) is 22.8 Å². The molecule has 0 radical (unpaired) electrons. The smallest absolute Gasteiger partial charge is 0.147 e. The summed E-state index contributed by atoms with van der Waals surface area (Å²) in [5, 5.41) is 0.672. The highest BCUT2D eigenvalue weighted by Gasteiger charge is 2.22. The maximum absolute atomic E-state index is 6.26. The molecule has 0 aromatic carbocycles. The Hall–Kier alpha value is -0.510. The van der Waals surface area contributed by atoms with E-state index in [1.165, 1.54) is 0 Å². The van der Waals surface area contributed by atoms with Crippen LogP contribution in [0.25, 0.3) is 0 Å². The zero-order valence-electron chi connectivity index (χ0n) is 10.5. The molecule has 2 heterocycles. The summed E-state index contributed by atoms with van der Waals surface area (Å²) in [6.07, 6.45) is 4.30. The minimum absolute atomic E-state index is 0.286. The predicted molar refractivity (Wildman–Crippen MR) is 75.7 cm³/mol. The van der Waals surface area contributed by atoms with E-state index in [-0.39, 0.29) is 6.10 Å². The maximum atomic E-state index is 6.26. The molecule has 0 N–H and O–H groups in total. The molecule has 0 aliphatic carbocycles. The molecule has 1 aromatic heterocycles. The molecule has 18 heavy (non-hydrogen) atoms. The lowest BCUT2D eigenvalue weighted by Crippen LogP contribution is -2.40. The van der Waals surface area contributed by atoms with Crippen molar-refractivity contribution < 1.29 is 4.74 Å². The lowest BCUT2D eigenvalue weighted by atomic mass is 10.1. The van der Waals surface area contributed by atoms with Crippen LogP contribution in [0.4, 0.5) is 5.82 Å². The topological polar surface area (TPSA) is 25.4 Å². The van der Waals surface area contributed by atoms with E-state index < -0.39 is 0 Å². The second-order valence-corrected chi connectivity index (χ2v) is 5.12. The molecule has 1 aromatic rings. The van der Waals surface area contributed by atoms with E-state index in [1.54, 1.807) is 6.20 Å². The van der Waals surface area contributed by atoms with E-state index in [1.807, 2.05) is 13.0 Å². The van der Waals surface area contributed by atoms with E-state index in [0.29, 0.717) is 10.9 Å². The maximum Gasteiger partial charge on any atom is 0.147 e. The van der Waals surface area contributed by atoms with Crippen LogP contribution in [-0.2, 0) is 10.6 Å². The van der Waals surface area contributed by atoms with Gasteiger partial charge in [0.05, 0.1) is 11.1 Å². The first-order chi connectivity index (χ1) is 8.74. The first kappa shape index (κ1) is 13.9. The Bertz CT molecular complexity index is 399. The Morgan fingerprint density at radius 1 is 1.56 bits per heavy atom. The zero-order chi connectivity index (χ0) is 13.0. The fraction of sp³-hybridized carbons (Fsp3) is 0.615. The number of anilines is 1. The average Bonchev–Trinajstić information content (AvgIpc) is 2.39. The van der Waals surface area contributed by atoms with Crippen molar-refractivity contribution in [2.24, 2.45) is 0 Å². The van der Waals surface area contributed by atoms with Crippen LogP contribution in [0.1, 0.15) is 25.3 Å². The summed E-state index contributed by atoms with van der Waals surface area (Å²) in [5.74, 6) is 1.28. The van der Waals surface area contributed by atoms with Crippen LogP contribution in [0.3, 0.4) is 0 Å². The third-order valence-corrected chi connectivity index (χ3v) is 3.70. The molecule has 2 rings (SSSR count). The lowest BCUT2D eigenvalue weighted by Gasteiger charge is -2.33. The van der Waals surface area contributed by atoms with Gasteiger partial charge in [0.15, 0.2) is 0 Å². The Kier molecular flexibility index (Phi) is 5.10. The van der Waals surface area contributed by atoms with E-state index in [9.17, 15) is 0 Å². The molecule has 1 aliphatic rings. The number of piperidine rings is 1. The summed E-state index contributed by atoms with van der Waals surface area (Å²) >= 11 is 12.0. The molecule has 1 aliphatic heterocycles. The number of nitrogens with zero attached hydrogens (tertiary/aromatic N) is 2. The van der Waals surface area contributed by atoms with Crippen molar-refractivity contribution in [3.8, 4) is 0 Å². The molecule has 1 fully saturated rings. The van der Waals surface area contributed by atoms with Crippen LogP contribution in [0.15, 0.2) is 12.3 Å². The Morgan fingerprint density at radius 3 is 3.06 bits per heavy atom. The molecular formula is C13H18Cl2N2O. The highest BCUT2D eigenvalue weighted by molar-refractivity contribution is 6.33. The number of ether oxygens (including phenoxy) is 1. The number of halogens is 2. The number of hydrogen-bond donors (Lipinski definition) is 0. The molecule has 5 heteroatoms. The first-order valence-electron chi connectivity index (χ1n) is 6.31. The van der Waals surface area contributed by atoms with Crippen molar-refractivity contribution in [2.75, 3.05) is 24.6 Å². The van der Waals surface area contributed by atoms with Gasteiger partial charge in [0.1, 0.15) is 5.82 Å². The van der Waals surface area contributed by atoms with Gasteiger partial charge in [-0.3, -0.25) is 0 Å². The highest BCUT2D eigenvalue weighted by Crippen LogP contribution is 2.27. The summed E-state index contributed by atoms with van der Waals surface area (Å²) in [4.78, 5) is 6.62. The molecule has 0 spiro atoms. The van der Waals surface area contributed by atoms with Crippen LogP contribution in [-0.4, -0.2) is 30.8 Å². The molecule has 1 atom stereocenters. The molecule has 0 bridgehead atoms. The minimum Gasteiger partial charge on any atom is -0.377 e. The lowest BCUT2D eigenvalue weighted by molar-refractivity contribution is 0.0525.